The number of ketones is 1. The number of allylic oxidation sites excluding steroid dienone is 4. The number of Topliss-reactive ketones (excluding diaryl/α,β-unsaturated/α-hetero) is 1. The van der Waals surface area contributed by atoms with Gasteiger partial charge in [0.2, 0.25) is 0 Å². The highest BCUT2D eigenvalue weighted by Gasteiger charge is 1.94. The number of hydrogen-bond donors (Lipinski definition) is 1. The van der Waals surface area contributed by atoms with Crippen LogP contribution in [0.15, 0.2) is 23.4 Å². The van der Waals surface area contributed by atoms with Crippen molar-refractivity contribution in [2.75, 3.05) is 0 Å². The lowest BCUT2D eigenvalue weighted by molar-refractivity contribution is -0.113. The van der Waals surface area contributed by atoms with Crippen LogP contribution in [0, 0.1) is 0 Å². The van der Waals surface area contributed by atoms with Crippen LogP contribution in [-0.2, 0) is 4.79 Å². The first kappa shape index (κ1) is 8.95. The Hall–Kier alpha value is -1.05. The minimum absolute atomic E-state index is 0.0822. The van der Waals surface area contributed by atoms with Crippen LogP contribution in [-0.4, -0.2) is 5.78 Å². The van der Waals surface area contributed by atoms with Crippen LogP contribution < -0.4 is 5.73 Å². The lowest BCUT2D eigenvalue weighted by Crippen LogP contribution is -2.06. The molecule has 2 nitrogen and oxygen atoms in total. The van der Waals surface area contributed by atoms with Crippen molar-refractivity contribution in [2.24, 2.45) is 5.73 Å². The van der Waals surface area contributed by atoms with Crippen molar-refractivity contribution >= 4 is 5.78 Å². The number of hydrogen-bond acceptors (Lipinski definition) is 2. The van der Waals surface area contributed by atoms with Crippen molar-refractivity contribution in [3.8, 4) is 0 Å². The molecule has 0 fully saturated rings. The molecule has 0 aliphatic rings. The number of rotatable bonds is 2. The summed E-state index contributed by atoms with van der Waals surface area (Å²) < 4.78 is 0. The van der Waals surface area contributed by atoms with Crippen molar-refractivity contribution < 1.29 is 4.79 Å². The van der Waals surface area contributed by atoms with Gasteiger partial charge in [-0.2, -0.15) is 0 Å². The molecule has 0 bridgehead atoms. The van der Waals surface area contributed by atoms with Gasteiger partial charge in [0.1, 0.15) is 0 Å². The van der Waals surface area contributed by atoms with Gasteiger partial charge in [-0.05, 0) is 19.9 Å². The second kappa shape index (κ2) is 3.88. The molecule has 0 unspecified atom stereocenters. The summed E-state index contributed by atoms with van der Waals surface area (Å²) in [6, 6.07) is 0. The predicted octanol–water partition coefficient (Wildman–Crippen LogP) is 1.38. The minimum atomic E-state index is -0.0822. The fourth-order valence-electron chi connectivity index (χ4n) is 0.430. The third-order valence-corrected chi connectivity index (χ3v) is 1.25. The first-order valence-corrected chi connectivity index (χ1v) is 3.19. The molecule has 0 amide bonds. The van der Waals surface area contributed by atoms with E-state index in [1.54, 1.807) is 6.08 Å². The van der Waals surface area contributed by atoms with Gasteiger partial charge in [-0.1, -0.05) is 11.6 Å². The molecule has 10 heavy (non-hydrogen) atoms. The highest BCUT2D eigenvalue weighted by Crippen LogP contribution is 1.97. The Morgan fingerprint density at radius 1 is 1.40 bits per heavy atom. The largest absolute Gasteiger partial charge is 0.396 e. The average molecular weight is 139 g/mol. The first-order chi connectivity index (χ1) is 4.57. The molecule has 0 saturated carbocycles. The smallest absolute Gasteiger partial charge is 0.175 e. The fraction of sp³-hybridized carbons (Fsp3) is 0.375. The van der Waals surface area contributed by atoms with Gasteiger partial charge in [-0.15, -0.1) is 0 Å². The van der Waals surface area contributed by atoms with E-state index >= 15 is 0 Å². The number of carbonyl (C=O) groups excluding carboxylic acids is 1. The van der Waals surface area contributed by atoms with E-state index in [-0.39, 0.29) is 5.78 Å². The summed E-state index contributed by atoms with van der Waals surface area (Å²) in [5, 5.41) is 0. The lowest BCUT2D eigenvalue weighted by Gasteiger charge is -1.93. The standard InChI is InChI=1S/C8H13NO/c1-4-6(2)5-8(9)7(3)10/h4-5H,9H2,1-3H3/b6-4-,8-5-. The van der Waals surface area contributed by atoms with Crippen LogP contribution in [0.4, 0.5) is 0 Å². The fourth-order valence-corrected chi connectivity index (χ4v) is 0.430. The monoisotopic (exact) mass is 139 g/mol. The molecule has 0 radical (unpaired) electrons. The zero-order valence-electron chi connectivity index (χ0n) is 6.64. The Morgan fingerprint density at radius 2 is 1.90 bits per heavy atom. The Labute approximate surface area is 61.4 Å². The van der Waals surface area contributed by atoms with E-state index in [1.807, 2.05) is 19.9 Å². The first-order valence-electron chi connectivity index (χ1n) is 3.19. The SMILES string of the molecule is C/C=C(C)\C=C(/N)C(C)=O. The minimum Gasteiger partial charge on any atom is -0.396 e. The summed E-state index contributed by atoms with van der Waals surface area (Å²) in [5.41, 5.74) is 6.69. The van der Waals surface area contributed by atoms with Crippen molar-refractivity contribution in [2.45, 2.75) is 20.8 Å². The molecule has 2 heteroatoms. The van der Waals surface area contributed by atoms with Crippen LogP contribution in [0.5, 0.6) is 0 Å². The zero-order valence-corrected chi connectivity index (χ0v) is 6.64. The van der Waals surface area contributed by atoms with Crippen molar-refractivity contribution in [3.63, 3.8) is 0 Å². The van der Waals surface area contributed by atoms with E-state index in [0.717, 1.165) is 5.57 Å². The molecule has 2 N–H and O–H groups in total. The highest BCUT2D eigenvalue weighted by atomic mass is 16.1. The summed E-state index contributed by atoms with van der Waals surface area (Å²) >= 11 is 0. The maximum Gasteiger partial charge on any atom is 0.175 e. The summed E-state index contributed by atoms with van der Waals surface area (Å²) in [7, 11) is 0. The molecule has 56 valence electrons. The van der Waals surface area contributed by atoms with Gasteiger partial charge in [0.15, 0.2) is 5.78 Å². The van der Waals surface area contributed by atoms with E-state index in [1.165, 1.54) is 6.92 Å². The van der Waals surface area contributed by atoms with Crippen molar-refractivity contribution in [1.82, 2.24) is 0 Å². The van der Waals surface area contributed by atoms with Crippen molar-refractivity contribution in [1.29, 1.82) is 0 Å². The Bertz CT molecular complexity index is 189. The lowest BCUT2D eigenvalue weighted by atomic mass is 10.2. The summed E-state index contributed by atoms with van der Waals surface area (Å²) in [4.78, 5) is 10.6. The second-order valence-corrected chi connectivity index (χ2v) is 2.19. The second-order valence-electron chi connectivity index (χ2n) is 2.19. The van der Waals surface area contributed by atoms with Crippen LogP contribution in [0.25, 0.3) is 0 Å². The number of nitrogens with two attached hydrogens (primary N) is 1. The predicted molar refractivity (Wildman–Crippen MR) is 42.4 cm³/mol. The van der Waals surface area contributed by atoms with E-state index < -0.39 is 0 Å². The molecule has 0 aliphatic carbocycles. The summed E-state index contributed by atoms with van der Waals surface area (Å²) in [6.07, 6.45) is 3.57. The van der Waals surface area contributed by atoms with Gasteiger partial charge in [0, 0.05) is 6.92 Å². The molecule has 0 spiro atoms. The average Bonchev–Trinajstić information content (AvgIpc) is 1.87. The molecule has 0 heterocycles. The van der Waals surface area contributed by atoms with Gasteiger partial charge in [0.05, 0.1) is 5.70 Å². The van der Waals surface area contributed by atoms with E-state index in [4.69, 9.17) is 5.73 Å². The maximum atomic E-state index is 10.6. The molecule has 0 aromatic heterocycles. The quantitative estimate of drug-likeness (QED) is 0.464. The van der Waals surface area contributed by atoms with E-state index in [9.17, 15) is 4.79 Å². The van der Waals surface area contributed by atoms with Crippen LogP contribution in [0.2, 0.25) is 0 Å². The molecule has 0 saturated heterocycles. The molecule has 0 rings (SSSR count). The molecule has 0 atom stereocenters. The Kier molecular flexibility index (Phi) is 3.47. The zero-order chi connectivity index (χ0) is 8.15. The Balaban J connectivity index is 4.31. The van der Waals surface area contributed by atoms with Gasteiger partial charge >= 0.3 is 0 Å². The molecule has 0 aliphatic heterocycles. The van der Waals surface area contributed by atoms with Crippen LogP contribution in [0.1, 0.15) is 20.8 Å². The van der Waals surface area contributed by atoms with Gasteiger partial charge < -0.3 is 5.73 Å². The normalized spacial score (nSPS) is 13.5. The summed E-state index contributed by atoms with van der Waals surface area (Å²) in [6.45, 7) is 5.25. The van der Waals surface area contributed by atoms with Gasteiger partial charge in [-0.3, -0.25) is 4.79 Å². The van der Waals surface area contributed by atoms with Gasteiger partial charge in [-0.25, -0.2) is 0 Å². The highest BCUT2D eigenvalue weighted by molar-refractivity contribution is 5.92. The molecule has 0 aromatic rings. The molecular weight excluding hydrogens is 126 g/mol. The van der Waals surface area contributed by atoms with E-state index in [0.29, 0.717) is 5.70 Å². The molecule has 0 aromatic carbocycles. The molecular formula is C8H13NO. The van der Waals surface area contributed by atoms with E-state index in [2.05, 4.69) is 0 Å². The maximum absolute atomic E-state index is 10.6. The van der Waals surface area contributed by atoms with Crippen molar-refractivity contribution in [3.05, 3.63) is 23.4 Å². The van der Waals surface area contributed by atoms with Crippen LogP contribution in [0.3, 0.4) is 0 Å². The third kappa shape index (κ3) is 3.07. The third-order valence-electron chi connectivity index (χ3n) is 1.25. The Morgan fingerprint density at radius 3 is 2.20 bits per heavy atom. The van der Waals surface area contributed by atoms with Gasteiger partial charge in [0.25, 0.3) is 0 Å². The summed E-state index contributed by atoms with van der Waals surface area (Å²) in [5.74, 6) is -0.0822. The van der Waals surface area contributed by atoms with Crippen LogP contribution >= 0.6 is 0 Å². The number of carbonyl (C=O) groups is 1. The topological polar surface area (TPSA) is 43.1 Å².